The zero-order valence-electron chi connectivity index (χ0n) is 14.7. The molecular formula is C18H26ClN3O3. The molecule has 3 N–H and O–H groups in total. The Morgan fingerprint density at radius 3 is 2.68 bits per heavy atom. The number of amides is 2. The Bertz CT molecular complexity index is 644. The summed E-state index contributed by atoms with van der Waals surface area (Å²) >= 11 is 0. The fourth-order valence-corrected chi connectivity index (χ4v) is 3.44. The maximum absolute atomic E-state index is 12.7. The van der Waals surface area contributed by atoms with E-state index < -0.39 is 5.60 Å². The largest absolute Gasteiger partial charge is 0.368 e. The van der Waals surface area contributed by atoms with E-state index in [1.54, 1.807) is 7.11 Å². The number of carbonyl (C=O) groups excluding carboxylic acids is 2. The molecule has 6 nitrogen and oxygen atoms in total. The average molecular weight is 368 g/mol. The number of rotatable bonds is 4. The molecule has 0 spiro atoms. The number of carbonyl (C=O) groups is 2. The van der Waals surface area contributed by atoms with E-state index in [-0.39, 0.29) is 30.3 Å². The molecule has 0 bridgehead atoms. The molecule has 3 rings (SSSR count). The SMILES string of the molecule is COC1(C(=O)NC(C)c2ccc3c(c2)CCC(=O)N3)CCNCC1.Cl. The van der Waals surface area contributed by atoms with E-state index >= 15 is 0 Å². The third kappa shape index (κ3) is 4.14. The second-order valence-corrected chi connectivity index (χ2v) is 6.61. The Morgan fingerprint density at radius 2 is 2.00 bits per heavy atom. The molecule has 1 fully saturated rings. The van der Waals surface area contributed by atoms with Gasteiger partial charge in [0.2, 0.25) is 5.91 Å². The summed E-state index contributed by atoms with van der Waals surface area (Å²) < 4.78 is 5.58. The van der Waals surface area contributed by atoms with Crippen LogP contribution in [0.2, 0.25) is 0 Å². The lowest BCUT2D eigenvalue weighted by Crippen LogP contribution is -2.54. The van der Waals surface area contributed by atoms with Crippen LogP contribution in [0.3, 0.4) is 0 Å². The Balaban J connectivity index is 0.00000225. The fraction of sp³-hybridized carbons (Fsp3) is 0.556. The molecule has 0 aliphatic carbocycles. The van der Waals surface area contributed by atoms with E-state index in [0.29, 0.717) is 19.3 Å². The first kappa shape index (κ1) is 19.7. The van der Waals surface area contributed by atoms with E-state index in [1.165, 1.54) is 0 Å². The molecule has 7 heteroatoms. The maximum atomic E-state index is 12.7. The van der Waals surface area contributed by atoms with Crippen LogP contribution in [-0.2, 0) is 20.7 Å². The minimum atomic E-state index is -0.734. The number of benzene rings is 1. The van der Waals surface area contributed by atoms with Gasteiger partial charge in [0.25, 0.3) is 5.91 Å². The number of fused-ring (bicyclic) bond motifs is 1. The molecule has 2 aliphatic rings. The van der Waals surface area contributed by atoms with Crippen LogP contribution in [0.25, 0.3) is 0 Å². The van der Waals surface area contributed by atoms with E-state index in [0.717, 1.165) is 36.3 Å². The number of aryl methyl sites for hydroxylation is 1. The Labute approximate surface area is 154 Å². The molecule has 1 saturated heterocycles. The summed E-state index contributed by atoms with van der Waals surface area (Å²) in [6, 6.07) is 5.84. The van der Waals surface area contributed by atoms with Crippen LogP contribution < -0.4 is 16.0 Å². The van der Waals surface area contributed by atoms with Gasteiger partial charge < -0.3 is 20.7 Å². The number of nitrogens with one attached hydrogen (secondary N) is 3. The second kappa shape index (κ2) is 8.17. The Hall–Kier alpha value is -1.63. The lowest BCUT2D eigenvalue weighted by Gasteiger charge is -2.35. The van der Waals surface area contributed by atoms with Crippen LogP contribution in [0.4, 0.5) is 5.69 Å². The summed E-state index contributed by atoms with van der Waals surface area (Å²) in [5, 5.41) is 9.23. The zero-order valence-corrected chi connectivity index (χ0v) is 15.5. The van der Waals surface area contributed by atoms with Gasteiger partial charge in [-0.15, -0.1) is 12.4 Å². The highest BCUT2D eigenvalue weighted by atomic mass is 35.5. The quantitative estimate of drug-likeness (QED) is 0.759. The molecule has 2 amide bonds. The van der Waals surface area contributed by atoms with Gasteiger partial charge in [0.1, 0.15) is 5.60 Å². The first-order valence-electron chi connectivity index (χ1n) is 8.53. The van der Waals surface area contributed by atoms with Crippen LogP contribution in [0.5, 0.6) is 0 Å². The van der Waals surface area contributed by atoms with Crippen LogP contribution in [0.15, 0.2) is 18.2 Å². The van der Waals surface area contributed by atoms with E-state index in [4.69, 9.17) is 4.74 Å². The summed E-state index contributed by atoms with van der Waals surface area (Å²) in [5.74, 6) is 0.00886. The minimum Gasteiger partial charge on any atom is -0.368 e. The van der Waals surface area contributed by atoms with Crippen molar-refractivity contribution in [2.24, 2.45) is 0 Å². The van der Waals surface area contributed by atoms with Crippen LogP contribution in [-0.4, -0.2) is 37.6 Å². The van der Waals surface area contributed by atoms with Crippen LogP contribution in [0, 0.1) is 0 Å². The molecule has 0 saturated carbocycles. The normalized spacial score (nSPS) is 19.8. The predicted molar refractivity (Wildman–Crippen MR) is 99.0 cm³/mol. The van der Waals surface area contributed by atoms with E-state index in [9.17, 15) is 9.59 Å². The Morgan fingerprint density at radius 1 is 1.28 bits per heavy atom. The molecule has 2 heterocycles. The third-order valence-corrected chi connectivity index (χ3v) is 5.09. The summed E-state index contributed by atoms with van der Waals surface area (Å²) in [7, 11) is 1.61. The number of hydrogen-bond donors (Lipinski definition) is 3. The molecule has 1 unspecified atom stereocenters. The minimum absolute atomic E-state index is 0. The van der Waals surface area contributed by atoms with Crippen molar-refractivity contribution < 1.29 is 14.3 Å². The monoisotopic (exact) mass is 367 g/mol. The Kier molecular flexibility index (Phi) is 6.43. The van der Waals surface area contributed by atoms with Crippen molar-refractivity contribution in [2.75, 3.05) is 25.5 Å². The topological polar surface area (TPSA) is 79.5 Å². The van der Waals surface area contributed by atoms with Crippen molar-refractivity contribution in [1.29, 1.82) is 0 Å². The third-order valence-electron chi connectivity index (χ3n) is 5.09. The van der Waals surface area contributed by atoms with Gasteiger partial charge in [-0.05, 0) is 56.5 Å². The lowest BCUT2D eigenvalue weighted by atomic mass is 9.90. The summed E-state index contributed by atoms with van der Waals surface area (Å²) in [4.78, 5) is 24.2. The molecule has 25 heavy (non-hydrogen) atoms. The number of methoxy groups -OCH3 is 1. The molecule has 0 radical (unpaired) electrons. The highest BCUT2D eigenvalue weighted by Crippen LogP contribution is 2.28. The number of piperidine rings is 1. The van der Waals surface area contributed by atoms with Gasteiger partial charge in [-0.2, -0.15) is 0 Å². The number of halogens is 1. The molecule has 2 aliphatic heterocycles. The highest BCUT2D eigenvalue weighted by molar-refractivity contribution is 5.94. The van der Waals surface area contributed by atoms with Gasteiger partial charge in [-0.25, -0.2) is 0 Å². The zero-order chi connectivity index (χ0) is 17.2. The van der Waals surface area contributed by atoms with Gasteiger partial charge in [0.15, 0.2) is 0 Å². The standard InChI is InChI=1S/C18H25N3O3.ClH/c1-12(20-17(23)18(24-2)7-9-19-10-8-18)13-3-5-15-14(11-13)4-6-16(22)21-15;/h3,5,11-12,19H,4,6-10H2,1-2H3,(H,20,23)(H,21,22);1H. The van der Waals surface area contributed by atoms with Crippen molar-refractivity contribution in [2.45, 2.75) is 44.2 Å². The van der Waals surface area contributed by atoms with Crippen molar-refractivity contribution >= 4 is 29.9 Å². The van der Waals surface area contributed by atoms with Gasteiger partial charge >= 0.3 is 0 Å². The molecule has 1 atom stereocenters. The van der Waals surface area contributed by atoms with Crippen LogP contribution >= 0.6 is 12.4 Å². The first-order chi connectivity index (χ1) is 11.5. The van der Waals surface area contributed by atoms with E-state index in [2.05, 4.69) is 22.0 Å². The van der Waals surface area contributed by atoms with Gasteiger partial charge in [0, 0.05) is 19.2 Å². The molecule has 138 valence electrons. The van der Waals surface area contributed by atoms with Crippen molar-refractivity contribution in [1.82, 2.24) is 10.6 Å². The smallest absolute Gasteiger partial charge is 0.252 e. The van der Waals surface area contributed by atoms with Crippen molar-refractivity contribution in [3.8, 4) is 0 Å². The molecule has 0 aromatic heterocycles. The maximum Gasteiger partial charge on any atom is 0.252 e. The van der Waals surface area contributed by atoms with Gasteiger partial charge in [0.05, 0.1) is 6.04 Å². The molecule has 1 aromatic rings. The molecular weight excluding hydrogens is 342 g/mol. The van der Waals surface area contributed by atoms with Crippen LogP contribution in [0.1, 0.15) is 43.4 Å². The van der Waals surface area contributed by atoms with Crippen molar-refractivity contribution in [3.05, 3.63) is 29.3 Å². The van der Waals surface area contributed by atoms with Crippen molar-refractivity contribution in [3.63, 3.8) is 0 Å². The average Bonchev–Trinajstić information content (AvgIpc) is 2.61. The summed E-state index contributed by atoms with van der Waals surface area (Å²) in [5.41, 5.74) is 2.30. The first-order valence-corrected chi connectivity index (χ1v) is 8.53. The number of hydrogen-bond acceptors (Lipinski definition) is 4. The molecule has 1 aromatic carbocycles. The summed E-state index contributed by atoms with van der Waals surface area (Å²) in [6.07, 6.45) is 2.61. The summed E-state index contributed by atoms with van der Waals surface area (Å²) in [6.45, 7) is 3.55. The van der Waals surface area contributed by atoms with E-state index in [1.807, 2.05) is 19.1 Å². The number of anilines is 1. The highest BCUT2D eigenvalue weighted by Gasteiger charge is 2.40. The lowest BCUT2D eigenvalue weighted by molar-refractivity contribution is -0.147. The number of ether oxygens (including phenoxy) is 1. The fourth-order valence-electron chi connectivity index (χ4n) is 3.44. The predicted octanol–water partition coefficient (Wildman–Crippen LogP) is 1.94. The second-order valence-electron chi connectivity index (χ2n) is 6.61. The van der Waals surface area contributed by atoms with Gasteiger partial charge in [-0.1, -0.05) is 12.1 Å². The van der Waals surface area contributed by atoms with Gasteiger partial charge in [-0.3, -0.25) is 9.59 Å².